The Morgan fingerprint density at radius 2 is 1.76 bits per heavy atom. The van der Waals surface area contributed by atoms with Gasteiger partial charge in [0, 0.05) is 11.6 Å². The van der Waals surface area contributed by atoms with Gasteiger partial charge in [-0.1, -0.05) is 26.2 Å². The molecule has 21 heavy (non-hydrogen) atoms. The lowest BCUT2D eigenvalue weighted by Gasteiger charge is -2.06. The molecular weight excluding hydrogens is 268 g/mol. The number of allylic oxidation sites excluding steroid dienone is 1. The standard InChI is InChI=1S/C17H22O4/c1-3-4-5-6-13-21-15-9-7-14(8-10-15)16(18)11-12-17(19)20-2/h7-12H,3-6,13H2,1-2H3/b12-11+. The Balaban J connectivity index is 2.44. The molecule has 0 heterocycles. The molecule has 1 rings (SSSR count). The van der Waals surface area contributed by atoms with E-state index in [0.717, 1.165) is 18.2 Å². The van der Waals surface area contributed by atoms with Crippen molar-refractivity contribution in [1.29, 1.82) is 0 Å². The summed E-state index contributed by atoms with van der Waals surface area (Å²) in [4.78, 5) is 22.7. The third-order valence-corrected chi connectivity index (χ3v) is 2.98. The van der Waals surface area contributed by atoms with Gasteiger partial charge in [-0.3, -0.25) is 4.79 Å². The highest BCUT2D eigenvalue weighted by Crippen LogP contribution is 2.13. The van der Waals surface area contributed by atoms with Crippen LogP contribution >= 0.6 is 0 Å². The van der Waals surface area contributed by atoms with E-state index in [0.29, 0.717) is 12.2 Å². The van der Waals surface area contributed by atoms with Gasteiger partial charge in [-0.2, -0.15) is 0 Å². The van der Waals surface area contributed by atoms with Crippen LogP contribution in [0.3, 0.4) is 0 Å². The number of rotatable bonds is 9. The Morgan fingerprint density at radius 1 is 1.05 bits per heavy atom. The topological polar surface area (TPSA) is 52.6 Å². The second kappa shape index (κ2) is 9.75. The molecule has 0 saturated carbocycles. The highest BCUT2D eigenvalue weighted by atomic mass is 16.5. The van der Waals surface area contributed by atoms with E-state index in [1.54, 1.807) is 24.3 Å². The lowest BCUT2D eigenvalue weighted by Crippen LogP contribution is -2.00. The van der Waals surface area contributed by atoms with Gasteiger partial charge < -0.3 is 9.47 Å². The monoisotopic (exact) mass is 290 g/mol. The molecule has 1 aromatic carbocycles. The van der Waals surface area contributed by atoms with Crippen LogP contribution in [0.5, 0.6) is 5.75 Å². The highest BCUT2D eigenvalue weighted by molar-refractivity contribution is 6.07. The number of methoxy groups -OCH3 is 1. The van der Waals surface area contributed by atoms with Crippen LogP contribution in [0.4, 0.5) is 0 Å². The minimum Gasteiger partial charge on any atom is -0.494 e. The molecular formula is C17H22O4. The lowest BCUT2D eigenvalue weighted by molar-refractivity contribution is -0.134. The van der Waals surface area contributed by atoms with E-state index in [9.17, 15) is 9.59 Å². The van der Waals surface area contributed by atoms with Gasteiger partial charge in [-0.25, -0.2) is 4.79 Å². The Bertz CT molecular complexity index is 474. The quantitative estimate of drug-likeness (QED) is 0.302. The number of unbranched alkanes of at least 4 members (excludes halogenated alkanes) is 3. The van der Waals surface area contributed by atoms with Gasteiger partial charge in [-0.15, -0.1) is 0 Å². The molecule has 0 N–H and O–H groups in total. The molecule has 1 aromatic rings. The first-order valence-corrected chi connectivity index (χ1v) is 7.20. The summed E-state index contributed by atoms with van der Waals surface area (Å²) < 4.78 is 10.0. The molecule has 0 unspecified atom stereocenters. The summed E-state index contributed by atoms with van der Waals surface area (Å²) in [5.74, 6) is -0.0368. The van der Waals surface area contributed by atoms with Gasteiger partial charge in [0.05, 0.1) is 13.7 Å². The minimum absolute atomic E-state index is 0.241. The Morgan fingerprint density at radius 3 is 2.38 bits per heavy atom. The zero-order valence-corrected chi connectivity index (χ0v) is 12.6. The first kappa shape index (κ1) is 17.0. The summed E-state index contributed by atoms with van der Waals surface area (Å²) >= 11 is 0. The van der Waals surface area contributed by atoms with Crippen LogP contribution in [0.1, 0.15) is 43.0 Å². The van der Waals surface area contributed by atoms with E-state index in [1.165, 1.54) is 32.4 Å². The maximum atomic E-state index is 11.8. The summed E-state index contributed by atoms with van der Waals surface area (Å²) in [6, 6.07) is 6.90. The number of carbonyl (C=O) groups excluding carboxylic acids is 2. The number of ether oxygens (including phenoxy) is 2. The molecule has 0 aliphatic carbocycles. The smallest absolute Gasteiger partial charge is 0.330 e. The zero-order valence-electron chi connectivity index (χ0n) is 12.6. The van der Waals surface area contributed by atoms with Crippen molar-refractivity contribution < 1.29 is 19.1 Å². The van der Waals surface area contributed by atoms with Crippen molar-refractivity contribution in [3.63, 3.8) is 0 Å². The third kappa shape index (κ3) is 6.75. The molecule has 0 saturated heterocycles. The molecule has 0 fully saturated rings. The van der Waals surface area contributed by atoms with Crippen molar-refractivity contribution in [2.45, 2.75) is 32.6 Å². The largest absolute Gasteiger partial charge is 0.494 e. The van der Waals surface area contributed by atoms with Gasteiger partial charge in [0.2, 0.25) is 0 Å². The predicted octanol–water partition coefficient (Wildman–Crippen LogP) is 3.56. The summed E-state index contributed by atoms with van der Waals surface area (Å²) in [6.45, 7) is 2.86. The van der Waals surface area contributed by atoms with Crippen molar-refractivity contribution in [2.24, 2.45) is 0 Å². The Labute approximate surface area is 125 Å². The van der Waals surface area contributed by atoms with Crippen LogP contribution in [0.15, 0.2) is 36.4 Å². The zero-order chi connectivity index (χ0) is 15.5. The van der Waals surface area contributed by atoms with Gasteiger partial charge in [0.1, 0.15) is 5.75 Å². The van der Waals surface area contributed by atoms with E-state index in [-0.39, 0.29) is 5.78 Å². The summed E-state index contributed by atoms with van der Waals surface area (Å²) in [5.41, 5.74) is 0.508. The molecule has 0 aliphatic rings. The maximum absolute atomic E-state index is 11.8. The number of hydrogen-bond acceptors (Lipinski definition) is 4. The van der Waals surface area contributed by atoms with Crippen LogP contribution in [0, 0.1) is 0 Å². The van der Waals surface area contributed by atoms with Crippen molar-refractivity contribution in [3.05, 3.63) is 42.0 Å². The van der Waals surface area contributed by atoms with Gasteiger partial charge in [-0.05, 0) is 36.8 Å². The molecule has 0 radical (unpaired) electrons. The van der Waals surface area contributed by atoms with Crippen LogP contribution in [-0.4, -0.2) is 25.5 Å². The number of benzene rings is 1. The molecule has 0 aliphatic heterocycles. The van der Waals surface area contributed by atoms with Crippen LogP contribution in [-0.2, 0) is 9.53 Å². The second-order valence-electron chi connectivity index (χ2n) is 4.65. The fraction of sp³-hybridized carbons (Fsp3) is 0.412. The summed E-state index contributed by atoms with van der Waals surface area (Å²) in [7, 11) is 1.27. The van der Waals surface area contributed by atoms with Crippen molar-refractivity contribution in [2.75, 3.05) is 13.7 Å². The molecule has 0 spiro atoms. The fourth-order valence-electron chi connectivity index (χ4n) is 1.74. The van der Waals surface area contributed by atoms with Crippen LogP contribution in [0.25, 0.3) is 0 Å². The Kier molecular flexibility index (Phi) is 7.87. The molecule has 0 atom stereocenters. The van der Waals surface area contributed by atoms with Gasteiger partial charge >= 0.3 is 5.97 Å². The van der Waals surface area contributed by atoms with E-state index in [1.807, 2.05) is 0 Å². The van der Waals surface area contributed by atoms with Gasteiger partial charge in [0.25, 0.3) is 0 Å². The van der Waals surface area contributed by atoms with E-state index in [2.05, 4.69) is 11.7 Å². The normalized spacial score (nSPS) is 10.6. The summed E-state index contributed by atoms with van der Waals surface area (Å²) in [6.07, 6.45) is 6.95. The molecule has 0 aromatic heterocycles. The van der Waals surface area contributed by atoms with Crippen molar-refractivity contribution in [3.8, 4) is 5.75 Å². The van der Waals surface area contributed by atoms with E-state index in [4.69, 9.17) is 4.74 Å². The lowest BCUT2D eigenvalue weighted by atomic mass is 10.1. The number of esters is 1. The first-order chi connectivity index (χ1) is 10.2. The van der Waals surface area contributed by atoms with E-state index >= 15 is 0 Å². The second-order valence-corrected chi connectivity index (χ2v) is 4.65. The van der Waals surface area contributed by atoms with Crippen LogP contribution < -0.4 is 4.74 Å². The Hall–Kier alpha value is -2.10. The van der Waals surface area contributed by atoms with Gasteiger partial charge in [0.15, 0.2) is 5.78 Å². The molecule has 0 amide bonds. The number of ketones is 1. The third-order valence-electron chi connectivity index (χ3n) is 2.98. The predicted molar refractivity (Wildman–Crippen MR) is 81.6 cm³/mol. The summed E-state index contributed by atoms with van der Waals surface area (Å²) in [5, 5.41) is 0. The minimum atomic E-state index is -0.546. The SMILES string of the molecule is CCCCCCOc1ccc(C(=O)/C=C/C(=O)OC)cc1. The fourth-order valence-corrected chi connectivity index (χ4v) is 1.74. The average molecular weight is 290 g/mol. The van der Waals surface area contributed by atoms with Crippen molar-refractivity contribution in [1.82, 2.24) is 0 Å². The molecule has 0 bridgehead atoms. The average Bonchev–Trinajstić information content (AvgIpc) is 2.52. The maximum Gasteiger partial charge on any atom is 0.330 e. The molecule has 4 heteroatoms. The number of carbonyl (C=O) groups is 2. The molecule has 114 valence electrons. The van der Waals surface area contributed by atoms with Crippen LogP contribution in [0.2, 0.25) is 0 Å². The highest BCUT2D eigenvalue weighted by Gasteiger charge is 2.03. The van der Waals surface area contributed by atoms with Crippen molar-refractivity contribution >= 4 is 11.8 Å². The number of hydrogen-bond donors (Lipinski definition) is 0. The molecule has 4 nitrogen and oxygen atoms in total. The first-order valence-electron chi connectivity index (χ1n) is 7.20. The van der Waals surface area contributed by atoms with E-state index < -0.39 is 5.97 Å².